The van der Waals surface area contributed by atoms with Gasteiger partial charge in [0.05, 0.1) is 6.10 Å². The maximum Gasteiger partial charge on any atom is 0.251 e. The highest BCUT2D eigenvalue weighted by Gasteiger charge is 2.24. The van der Waals surface area contributed by atoms with E-state index in [-0.39, 0.29) is 17.7 Å². The van der Waals surface area contributed by atoms with Crippen molar-refractivity contribution in [3.05, 3.63) is 35.4 Å². The van der Waals surface area contributed by atoms with Crippen molar-refractivity contribution in [1.82, 2.24) is 10.6 Å². The number of nitrogens with one attached hydrogen (secondary N) is 2. The van der Waals surface area contributed by atoms with Gasteiger partial charge in [0.15, 0.2) is 0 Å². The van der Waals surface area contributed by atoms with Gasteiger partial charge in [0.2, 0.25) is 5.91 Å². The Morgan fingerprint density at radius 2 is 1.93 bits per heavy atom. The first-order valence-electron chi connectivity index (χ1n) is 10.2. The van der Waals surface area contributed by atoms with Gasteiger partial charge in [-0.3, -0.25) is 9.59 Å². The Balaban J connectivity index is 1.74. The minimum atomic E-state index is -0.544. The van der Waals surface area contributed by atoms with E-state index in [1.807, 2.05) is 39.0 Å². The molecule has 1 aromatic rings. The Kier molecular flexibility index (Phi) is 8.79. The number of amides is 2. The molecule has 0 aromatic heterocycles. The van der Waals surface area contributed by atoms with Crippen LogP contribution in [0, 0.1) is 12.8 Å². The number of rotatable bonds is 9. The third-order valence-corrected chi connectivity index (χ3v) is 5.04. The Labute approximate surface area is 163 Å². The number of benzene rings is 1. The van der Waals surface area contributed by atoms with Crippen molar-refractivity contribution in [3.63, 3.8) is 0 Å². The first-order chi connectivity index (χ1) is 13.0. The number of ether oxygens (including phenoxy) is 1. The van der Waals surface area contributed by atoms with E-state index >= 15 is 0 Å². The molecular weight excluding hydrogens is 340 g/mol. The van der Waals surface area contributed by atoms with Gasteiger partial charge in [-0.2, -0.15) is 0 Å². The monoisotopic (exact) mass is 374 g/mol. The van der Waals surface area contributed by atoms with Crippen LogP contribution in [-0.4, -0.2) is 37.1 Å². The van der Waals surface area contributed by atoms with Gasteiger partial charge in [-0.05, 0) is 44.2 Å². The van der Waals surface area contributed by atoms with Crippen molar-refractivity contribution in [3.8, 4) is 0 Å². The van der Waals surface area contributed by atoms with E-state index in [4.69, 9.17) is 4.74 Å². The van der Waals surface area contributed by atoms with Crippen LogP contribution in [0.25, 0.3) is 0 Å². The molecule has 0 bridgehead atoms. The van der Waals surface area contributed by atoms with Crippen molar-refractivity contribution in [1.29, 1.82) is 0 Å². The lowest BCUT2D eigenvalue weighted by atomic mass is 9.98. The van der Waals surface area contributed by atoms with Gasteiger partial charge in [-0.1, -0.05) is 50.8 Å². The molecule has 0 spiro atoms. The maximum absolute atomic E-state index is 12.5. The van der Waals surface area contributed by atoms with Crippen LogP contribution in [0.3, 0.4) is 0 Å². The molecule has 1 atom stereocenters. The van der Waals surface area contributed by atoms with Crippen molar-refractivity contribution in [2.45, 2.75) is 71.4 Å². The highest BCUT2D eigenvalue weighted by Crippen LogP contribution is 2.20. The molecule has 1 aliphatic rings. The van der Waals surface area contributed by atoms with Gasteiger partial charge >= 0.3 is 0 Å². The van der Waals surface area contributed by atoms with Crippen molar-refractivity contribution in [2.75, 3.05) is 13.2 Å². The Bertz CT molecular complexity index is 609. The quantitative estimate of drug-likeness (QED) is 0.649. The molecule has 1 saturated carbocycles. The van der Waals surface area contributed by atoms with E-state index in [0.717, 1.165) is 24.8 Å². The molecule has 5 heteroatoms. The molecule has 1 fully saturated rings. The molecule has 2 rings (SSSR count). The summed E-state index contributed by atoms with van der Waals surface area (Å²) < 4.78 is 5.89. The maximum atomic E-state index is 12.5. The van der Waals surface area contributed by atoms with Gasteiger partial charge < -0.3 is 15.4 Å². The molecule has 0 saturated heterocycles. The van der Waals surface area contributed by atoms with E-state index < -0.39 is 6.04 Å². The van der Waals surface area contributed by atoms with Gasteiger partial charge in [-0.25, -0.2) is 0 Å². The second-order valence-corrected chi connectivity index (χ2v) is 7.84. The molecule has 1 aromatic carbocycles. The van der Waals surface area contributed by atoms with E-state index in [0.29, 0.717) is 24.8 Å². The molecule has 0 aliphatic heterocycles. The zero-order valence-corrected chi connectivity index (χ0v) is 16.9. The second kappa shape index (κ2) is 11.1. The summed E-state index contributed by atoms with van der Waals surface area (Å²) in [6.07, 6.45) is 7.35. The summed E-state index contributed by atoms with van der Waals surface area (Å²) >= 11 is 0. The topological polar surface area (TPSA) is 67.4 Å². The molecule has 150 valence electrons. The summed E-state index contributed by atoms with van der Waals surface area (Å²) in [5.41, 5.74) is 1.60. The zero-order valence-electron chi connectivity index (χ0n) is 16.9. The van der Waals surface area contributed by atoms with E-state index in [9.17, 15) is 9.59 Å². The first kappa shape index (κ1) is 21.4. The Hall–Kier alpha value is -1.88. The fourth-order valence-electron chi connectivity index (χ4n) is 3.42. The third-order valence-electron chi connectivity index (χ3n) is 5.04. The Morgan fingerprint density at radius 1 is 1.19 bits per heavy atom. The average Bonchev–Trinajstić information content (AvgIpc) is 2.66. The summed E-state index contributed by atoms with van der Waals surface area (Å²) in [5, 5.41) is 5.81. The summed E-state index contributed by atoms with van der Waals surface area (Å²) in [5.74, 6) is -0.339. The van der Waals surface area contributed by atoms with Crippen molar-refractivity contribution in [2.24, 2.45) is 5.92 Å². The van der Waals surface area contributed by atoms with E-state index in [1.165, 1.54) is 19.3 Å². The van der Waals surface area contributed by atoms with Crippen molar-refractivity contribution < 1.29 is 14.3 Å². The molecular formula is C22H34N2O3. The lowest BCUT2D eigenvalue weighted by Crippen LogP contribution is -2.50. The minimum absolute atomic E-state index is 0.0113. The number of hydrogen-bond acceptors (Lipinski definition) is 3. The summed E-state index contributed by atoms with van der Waals surface area (Å²) in [6.45, 7) is 7.06. The van der Waals surface area contributed by atoms with Gasteiger partial charge in [0.1, 0.15) is 6.04 Å². The van der Waals surface area contributed by atoms with E-state index in [1.54, 1.807) is 6.07 Å². The van der Waals surface area contributed by atoms with Crippen LogP contribution in [0.15, 0.2) is 24.3 Å². The standard InChI is InChI=1S/C22H34N2O3/c1-16(2)20(24-21(25)18-10-7-9-17(3)15-18)22(26)23-13-8-14-27-19-11-5-4-6-12-19/h7,9-10,15-16,19-20H,4-6,8,11-14H2,1-3H3,(H,23,26)(H,24,25)/t20-/m0/s1. The van der Waals surface area contributed by atoms with Crippen LogP contribution < -0.4 is 10.6 Å². The average molecular weight is 375 g/mol. The SMILES string of the molecule is Cc1cccc(C(=O)N[C@H](C(=O)NCCCOC2CCCCC2)C(C)C)c1. The molecule has 0 heterocycles. The van der Waals surface area contributed by atoms with Crippen LogP contribution in [0.1, 0.15) is 68.3 Å². The van der Waals surface area contributed by atoms with Gasteiger partial charge in [0.25, 0.3) is 5.91 Å². The van der Waals surface area contributed by atoms with Gasteiger partial charge in [0, 0.05) is 18.7 Å². The summed E-state index contributed by atoms with van der Waals surface area (Å²) in [6, 6.07) is 6.84. The minimum Gasteiger partial charge on any atom is -0.378 e. The molecule has 5 nitrogen and oxygen atoms in total. The molecule has 27 heavy (non-hydrogen) atoms. The van der Waals surface area contributed by atoms with Crippen LogP contribution in [0.4, 0.5) is 0 Å². The van der Waals surface area contributed by atoms with Crippen LogP contribution >= 0.6 is 0 Å². The third kappa shape index (κ3) is 7.33. The first-order valence-corrected chi connectivity index (χ1v) is 10.2. The zero-order chi connectivity index (χ0) is 19.6. The van der Waals surface area contributed by atoms with Gasteiger partial charge in [-0.15, -0.1) is 0 Å². The van der Waals surface area contributed by atoms with Crippen LogP contribution in [-0.2, 0) is 9.53 Å². The number of aryl methyl sites for hydroxylation is 1. The summed E-state index contributed by atoms with van der Waals surface area (Å²) in [4.78, 5) is 25.0. The lowest BCUT2D eigenvalue weighted by molar-refractivity contribution is -0.124. The second-order valence-electron chi connectivity index (χ2n) is 7.84. The highest BCUT2D eigenvalue weighted by molar-refractivity contribution is 5.97. The Morgan fingerprint density at radius 3 is 2.59 bits per heavy atom. The van der Waals surface area contributed by atoms with Crippen LogP contribution in [0.2, 0.25) is 0 Å². The number of carbonyl (C=O) groups is 2. The molecule has 2 amide bonds. The predicted octanol–water partition coefficient (Wildman–Crippen LogP) is 3.61. The number of carbonyl (C=O) groups excluding carboxylic acids is 2. The molecule has 2 N–H and O–H groups in total. The normalized spacial score (nSPS) is 16.1. The largest absolute Gasteiger partial charge is 0.378 e. The summed E-state index contributed by atoms with van der Waals surface area (Å²) in [7, 11) is 0. The molecule has 0 radical (unpaired) electrons. The molecule has 1 aliphatic carbocycles. The molecule has 0 unspecified atom stereocenters. The van der Waals surface area contributed by atoms with Crippen molar-refractivity contribution >= 4 is 11.8 Å². The lowest BCUT2D eigenvalue weighted by Gasteiger charge is -2.23. The highest BCUT2D eigenvalue weighted by atomic mass is 16.5. The number of hydrogen-bond donors (Lipinski definition) is 2. The predicted molar refractivity (Wildman–Crippen MR) is 108 cm³/mol. The van der Waals surface area contributed by atoms with Crippen LogP contribution in [0.5, 0.6) is 0 Å². The smallest absolute Gasteiger partial charge is 0.251 e. The fourth-order valence-corrected chi connectivity index (χ4v) is 3.42. The van der Waals surface area contributed by atoms with E-state index in [2.05, 4.69) is 10.6 Å². The fraction of sp³-hybridized carbons (Fsp3) is 0.636.